The van der Waals surface area contributed by atoms with Gasteiger partial charge in [-0.05, 0) is 24.1 Å². The second-order valence-corrected chi connectivity index (χ2v) is 8.95. The molecular formula is C25H29FN6O2. The average Bonchev–Trinajstić information content (AvgIpc) is 3.21. The number of para-hydroxylation sites is 1. The summed E-state index contributed by atoms with van der Waals surface area (Å²) in [4.78, 5) is 37.7. The summed E-state index contributed by atoms with van der Waals surface area (Å²) in [7, 11) is 1.68. The lowest BCUT2D eigenvalue weighted by atomic mass is 10.1. The van der Waals surface area contributed by atoms with Crippen molar-refractivity contribution < 1.29 is 14.0 Å². The number of nitrogens with one attached hydrogen (secondary N) is 1. The van der Waals surface area contributed by atoms with E-state index in [1.54, 1.807) is 13.1 Å². The first-order valence-corrected chi connectivity index (χ1v) is 11.7. The van der Waals surface area contributed by atoms with E-state index >= 15 is 0 Å². The molecule has 2 unspecified atom stereocenters. The van der Waals surface area contributed by atoms with Crippen molar-refractivity contribution in [1.29, 1.82) is 0 Å². The molecule has 34 heavy (non-hydrogen) atoms. The number of carbonyl (C=O) groups excluding carboxylic acids is 2. The van der Waals surface area contributed by atoms with Crippen molar-refractivity contribution in [2.75, 3.05) is 51.2 Å². The molecule has 0 aromatic heterocycles. The van der Waals surface area contributed by atoms with Gasteiger partial charge in [-0.2, -0.15) is 0 Å². The number of halogens is 1. The van der Waals surface area contributed by atoms with E-state index in [1.165, 1.54) is 16.5 Å². The Labute approximate surface area is 198 Å². The first-order valence-electron chi connectivity index (χ1n) is 11.7. The van der Waals surface area contributed by atoms with Crippen LogP contribution in [0.3, 0.4) is 0 Å². The highest BCUT2D eigenvalue weighted by molar-refractivity contribution is 6.04. The monoisotopic (exact) mass is 464 g/mol. The summed E-state index contributed by atoms with van der Waals surface area (Å²) in [6.45, 7) is 4.16. The van der Waals surface area contributed by atoms with Gasteiger partial charge in [0, 0.05) is 39.8 Å². The second kappa shape index (κ2) is 9.42. The molecular weight excluding hydrogens is 435 g/mol. The van der Waals surface area contributed by atoms with Crippen molar-refractivity contribution in [3.63, 3.8) is 0 Å². The number of imide groups is 1. The molecule has 2 fully saturated rings. The molecule has 2 aromatic rings. The lowest BCUT2D eigenvalue weighted by Gasteiger charge is -2.38. The van der Waals surface area contributed by atoms with E-state index in [0.717, 1.165) is 25.3 Å². The van der Waals surface area contributed by atoms with Crippen LogP contribution in [0.15, 0.2) is 59.6 Å². The summed E-state index contributed by atoms with van der Waals surface area (Å²) in [5, 5.41) is 2.46. The molecule has 8 nitrogen and oxygen atoms in total. The zero-order valence-corrected chi connectivity index (χ0v) is 19.2. The maximum absolute atomic E-state index is 14.2. The third-order valence-electron chi connectivity index (χ3n) is 6.86. The van der Waals surface area contributed by atoms with Gasteiger partial charge in [0.05, 0.1) is 12.2 Å². The topological polar surface area (TPSA) is 71.5 Å². The third kappa shape index (κ3) is 4.35. The number of rotatable bonds is 6. The van der Waals surface area contributed by atoms with Gasteiger partial charge in [-0.3, -0.25) is 15.0 Å². The molecule has 3 aliphatic heterocycles. The van der Waals surface area contributed by atoms with Crippen LogP contribution >= 0.6 is 0 Å². The quantitative estimate of drug-likeness (QED) is 0.706. The Balaban J connectivity index is 1.29. The zero-order valence-electron chi connectivity index (χ0n) is 19.2. The molecule has 3 aliphatic rings. The van der Waals surface area contributed by atoms with Gasteiger partial charge in [0.1, 0.15) is 11.7 Å². The van der Waals surface area contributed by atoms with E-state index < -0.39 is 18.2 Å². The van der Waals surface area contributed by atoms with Crippen molar-refractivity contribution >= 4 is 23.5 Å². The predicted molar refractivity (Wildman–Crippen MR) is 128 cm³/mol. The van der Waals surface area contributed by atoms with E-state index in [0.29, 0.717) is 31.9 Å². The number of hydrogen-bond acceptors (Lipinski definition) is 6. The maximum atomic E-state index is 14.2. The molecule has 0 bridgehead atoms. The standard InChI is InChI=1S/C25H29FN6O2/c1-29-23-22(24(33)28-25(29)34)32(12-11-18-7-3-2-4-8-18)21(27-23)17-30-13-15-31(16-14-30)20-10-6-5-9-19(20)26/h2-10,22-23H,11-17H2,1H3,(H,28,33,34). The molecule has 2 saturated heterocycles. The third-order valence-corrected chi connectivity index (χ3v) is 6.86. The molecule has 3 heterocycles. The molecule has 5 rings (SSSR count). The van der Waals surface area contributed by atoms with Crippen LogP contribution in [0.25, 0.3) is 0 Å². The molecule has 1 N–H and O–H groups in total. The molecule has 2 aromatic carbocycles. The van der Waals surface area contributed by atoms with E-state index in [4.69, 9.17) is 4.99 Å². The van der Waals surface area contributed by atoms with Crippen LogP contribution < -0.4 is 10.2 Å². The van der Waals surface area contributed by atoms with E-state index in [-0.39, 0.29) is 11.7 Å². The van der Waals surface area contributed by atoms with Crippen LogP contribution in [-0.2, 0) is 11.2 Å². The first-order chi connectivity index (χ1) is 16.5. The van der Waals surface area contributed by atoms with Gasteiger partial charge in [-0.1, -0.05) is 42.5 Å². The average molecular weight is 465 g/mol. The maximum Gasteiger partial charge on any atom is 0.325 e. The Kier molecular flexibility index (Phi) is 6.19. The van der Waals surface area contributed by atoms with Crippen molar-refractivity contribution in [3.05, 3.63) is 66.0 Å². The van der Waals surface area contributed by atoms with Crippen LogP contribution in [0.2, 0.25) is 0 Å². The van der Waals surface area contributed by atoms with E-state index in [1.807, 2.05) is 30.3 Å². The molecule has 0 spiro atoms. The Morgan fingerprint density at radius 1 is 1.00 bits per heavy atom. The molecule has 0 saturated carbocycles. The van der Waals surface area contributed by atoms with Crippen LogP contribution in [0.4, 0.5) is 14.9 Å². The number of benzene rings is 2. The normalized spacial score (nSPS) is 23.1. The van der Waals surface area contributed by atoms with Crippen LogP contribution in [0, 0.1) is 5.82 Å². The summed E-state index contributed by atoms with van der Waals surface area (Å²) in [6, 6.07) is 16.1. The van der Waals surface area contributed by atoms with Crippen LogP contribution in [0.5, 0.6) is 0 Å². The summed E-state index contributed by atoms with van der Waals surface area (Å²) in [5.41, 5.74) is 1.82. The largest absolute Gasteiger partial charge is 0.367 e. The fourth-order valence-electron chi connectivity index (χ4n) is 4.93. The SMILES string of the molecule is CN1C(=O)NC(=O)C2C1N=C(CN1CCN(c3ccccc3F)CC1)N2CCc1ccccc1. The van der Waals surface area contributed by atoms with E-state index in [2.05, 4.69) is 32.1 Å². The van der Waals surface area contributed by atoms with Crippen LogP contribution in [-0.4, -0.2) is 91.0 Å². The number of anilines is 1. The highest BCUT2D eigenvalue weighted by atomic mass is 19.1. The minimum absolute atomic E-state index is 0.203. The van der Waals surface area contributed by atoms with Gasteiger partial charge in [-0.15, -0.1) is 0 Å². The number of likely N-dealkylation sites (N-methyl/N-ethyl adjacent to an activating group) is 1. The second-order valence-electron chi connectivity index (χ2n) is 8.95. The Morgan fingerprint density at radius 3 is 2.44 bits per heavy atom. The van der Waals surface area contributed by atoms with Gasteiger partial charge < -0.3 is 14.7 Å². The van der Waals surface area contributed by atoms with Gasteiger partial charge in [0.15, 0.2) is 12.2 Å². The summed E-state index contributed by atoms with van der Waals surface area (Å²) >= 11 is 0. The van der Waals surface area contributed by atoms with Crippen molar-refractivity contribution in [2.45, 2.75) is 18.6 Å². The summed E-state index contributed by atoms with van der Waals surface area (Å²) in [5.74, 6) is 0.317. The number of piperazine rings is 1. The van der Waals surface area contributed by atoms with Gasteiger partial charge in [0.2, 0.25) is 0 Å². The highest BCUT2D eigenvalue weighted by Gasteiger charge is 2.48. The Bertz CT molecular complexity index is 1090. The van der Waals surface area contributed by atoms with E-state index in [9.17, 15) is 14.0 Å². The molecule has 178 valence electrons. The number of fused-ring (bicyclic) bond motifs is 1. The zero-order chi connectivity index (χ0) is 23.7. The number of amidine groups is 1. The molecule has 0 radical (unpaired) electrons. The Hall–Kier alpha value is -3.46. The fourth-order valence-corrected chi connectivity index (χ4v) is 4.93. The minimum atomic E-state index is -0.527. The number of amides is 3. The van der Waals surface area contributed by atoms with Gasteiger partial charge in [-0.25, -0.2) is 14.2 Å². The fraction of sp³-hybridized carbons (Fsp3) is 0.400. The molecule has 9 heteroatoms. The van der Waals surface area contributed by atoms with Crippen molar-refractivity contribution in [2.24, 2.45) is 4.99 Å². The highest BCUT2D eigenvalue weighted by Crippen LogP contribution is 2.26. The van der Waals surface area contributed by atoms with Crippen molar-refractivity contribution in [3.8, 4) is 0 Å². The smallest absolute Gasteiger partial charge is 0.325 e. The van der Waals surface area contributed by atoms with Crippen LogP contribution in [0.1, 0.15) is 5.56 Å². The molecule has 3 amide bonds. The summed E-state index contributed by atoms with van der Waals surface area (Å²) < 4.78 is 14.2. The Morgan fingerprint density at radius 2 is 1.71 bits per heavy atom. The number of carbonyl (C=O) groups is 2. The lowest BCUT2D eigenvalue weighted by Crippen LogP contribution is -2.64. The predicted octanol–water partition coefficient (Wildman–Crippen LogP) is 1.78. The first kappa shape index (κ1) is 22.3. The number of aliphatic imine (C=N–C) groups is 1. The number of hydrogen-bond donors (Lipinski definition) is 1. The van der Waals surface area contributed by atoms with Crippen molar-refractivity contribution in [1.82, 2.24) is 20.0 Å². The lowest BCUT2D eigenvalue weighted by molar-refractivity contribution is -0.127. The van der Waals surface area contributed by atoms with Gasteiger partial charge in [0.25, 0.3) is 5.91 Å². The minimum Gasteiger partial charge on any atom is -0.367 e. The summed E-state index contributed by atoms with van der Waals surface area (Å²) in [6.07, 6.45) is 0.251. The number of nitrogens with zero attached hydrogens (tertiary/aromatic N) is 5. The molecule has 0 aliphatic carbocycles. The molecule has 2 atom stereocenters. The van der Waals surface area contributed by atoms with Gasteiger partial charge >= 0.3 is 6.03 Å². The number of urea groups is 1.